The summed E-state index contributed by atoms with van der Waals surface area (Å²) in [5.41, 5.74) is 1.70. The van der Waals surface area contributed by atoms with E-state index in [-0.39, 0.29) is 18.7 Å². The number of aryl methyl sites for hydroxylation is 1. The van der Waals surface area contributed by atoms with Crippen molar-refractivity contribution in [2.45, 2.75) is 39.9 Å². The quantitative estimate of drug-likeness (QED) is 0.817. The van der Waals surface area contributed by atoms with Gasteiger partial charge in [-0.1, -0.05) is 6.07 Å². The first kappa shape index (κ1) is 14.5. The van der Waals surface area contributed by atoms with Gasteiger partial charge in [-0.2, -0.15) is 0 Å². The number of hydrogen-bond acceptors (Lipinski definition) is 4. The van der Waals surface area contributed by atoms with Crippen LogP contribution in [0.5, 0.6) is 5.75 Å². The molecule has 18 heavy (non-hydrogen) atoms. The normalized spacial score (nSPS) is 12.3. The SMILES string of the molecule is Cc1cc(C(C)O)ccc1OCC(=O)OC(C)C. The van der Waals surface area contributed by atoms with Crippen LogP contribution in [0.25, 0.3) is 0 Å². The van der Waals surface area contributed by atoms with Crippen molar-refractivity contribution in [2.75, 3.05) is 6.61 Å². The maximum absolute atomic E-state index is 11.3. The summed E-state index contributed by atoms with van der Waals surface area (Å²) >= 11 is 0. The highest BCUT2D eigenvalue weighted by Gasteiger charge is 2.09. The van der Waals surface area contributed by atoms with E-state index < -0.39 is 6.10 Å². The summed E-state index contributed by atoms with van der Waals surface area (Å²) in [5, 5.41) is 9.44. The smallest absolute Gasteiger partial charge is 0.344 e. The Hall–Kier alpha value is -1.55. The van der Waals surface area contributed by atoms with E-state index in [1.54, 1.807) is 32.9 Å². The van der Waals surface area contributed by atoms with Gasteiger partial charge in [-0.05, 0) is 51.0 Å². The van der Waals surface area contributed by atoms with Crippen molar-refractivity contribution in [2.24, 2.45) is 0 Å². The Morgan fingerprint density at radius 3 is 2.50 bits per heavy atom. The summed E-state index contributed by atoms with van der Waals surface area (Å²) in [6.45, 7) is 7.05. The van der Waals surface area contributed by atoms with Crippen LogP contribution in [0.1, 0.15) is 38.0 Å². The molecule has 1 aromatic rings. The first-order valence-corrected chi connectivity index (χ1v) is 6.01. The molecule has 0 aliphatic rings. The minimum absolute atomic E-state index is 0.104. The molecule has 0 heterocycles. The molecule has 0 aliphatic carbocycles. The molecule has 0 amide bonds. The molecular formula is C14H20O4. The second-order valence-corrected chi connectivity index (χ2v) is 4.53. The van der Waals surface area contributed by atoms with Gasteiger partial charge in [-0.25, -0.2) is 4.79 Å². The molecule has 0 spiro atoms. The zero-order valence-corrected chi connectivity index (χ0v) is 11.3. The van der Waals surface area contributed by atoms with Gasteiger partial charge < -0.3 is 14.6 Å². The zero-order valence-electron chi connectivity index (χ0n) is 11.3. The van der Waals surface area contributed by atoms with Crippen LogP contribution in [0.15, 0.2) is 18.2 Å². The van der Waals surface area contributed by atoms with Gasteiger partial charge in [0.15, 0.2) is 6.61 Å². The largest absolute Gasteiger partial charge is 0.482 e. The molecule has 0 saturated heterocycles. The number of ether oxygens (including phenoxy) is 2. The standard InChI is InChI=1S/C14H20O4/c1-9(2)18-14(16)8-17-13-6-5-12(11(4)15)7-10(13)3/h5-7,9,11,15H,8H2,1-4H3. The van der Waals surface area contributed by atoms with Gasteiger partial charge >= 0.3 is 5.97 Å². The molecule has 0 aromatic heterocycles. The molecule has 0 radical (unpaired) electrons. The summed E-state index contributed by atoms with van der Waals surface area (Å²) in [6, 6.07) is 5.37. The zero-order chi connectivity index (χ0) is 13.7. The molecule has 0 aliphatic heterocycles. The Balaban J connectivity index is 2.60. The third-order valence-corrected chi connectivity index (χ3v) is 2.39. The summed E-state index contributed by atoms with van der Waals surface area (Å²) in [5.74, 6) is 0.240. The van der Waals surface area contributed by atoms with Crippen molar-refractivity contribution < 1.29 is 19.4 Å². The lowest BCUT2D eigenvalue weighted by atomic mass is 10.1. The maximum atomic E-state index is 11.3. The summed E-state index contributed by atoms with van der Waals surface area (Å²) in [6.07, 6.45) is -0.650. The number of rotatable bonds is 5. The van der Waals surface area contributed by atoms with Crippen molar-refractivity contribution in [3.8, 4) is 5.75 Å². The predicted octanol–water partition coefficient (Wildman–Crippen LogP) is 2.38. The predicted molar refractivity (Wildman–Crippen MR) is 68.5 cm³/mol. The third-order valence-electron chi connectivity index (χ3n) is 2.39. The number of carbonyl (C=O) groups is 1. The van der Waals surface area contributed by atoms with Crippen molar-refractivity contribution >= 4 is 5.97 Å². The molecule has 100 valence electrons. The van der Waals surface area contributed by atoms with Crippen molar-refractivity contribution in [3.05, 3.63) is 29.3 Å². The summed E-state index contributed by atoms with van der Waals surface area (Å²) in [7, 11) is 0. The van der Waals surface area contributed by atoms with Gasteiger partial charge in [-0.15, -0.1) is 0 Å². The van der Waals surface area contributed by atoms with Crippen molar-refractivity contribution in [3.63, 3.8) is 0 Å². The van der Waals surface area contributed by atoms with E-state index in [2.05, 4.69) is 0 Å². The molecule has 0 fully saturated rings. The molecule has 0 saturated carbocycles. The highest BCUT2D eigenvalue weighted by atomic mass is 16.6. The molecule has 4 nitrogen and oxygen atoms in total. The van der Waals surface area contributed by atoms with E-state index in [4.69, 9.17) is 9.47 Å². The minimum atomic E-state index is -0.511. The number of esters is 1. The fourth-order valence-corrected chi connectivity index (χ4v) is 1.53. The number of benzene rings is 1. The number of hydrogen-bond donors (Lipinski definition) is 1. The van der Waals surface area contributed by atoms with Crippen LogP contribution in [0.3, 0.4) is 0 Å². The summed E-state index contributed by atoms with van der Waals surface area (Å²) < 4.78 is 10.3. The fourth-order valence-electron chi connectivity index (χ4n) is 1.53. The van der Waals surface area contributed by atoms with Gasteiger partial charge in [0.1, 0.15) is 5.75 Å². The first-order valence-electron chi connectivity index (χ1n) is 6.01. The van der Waals surface area contributed by atoms with E-state index >= 15 is 0 Å². The first-order chi connectivity index (χ1) is 8.40. The Morgan fingerprint density at radius 2 is 2.00 bits per heavy atom. The molecular weight excluding hydrogens is 232 g/mol. The highest BCUT2D eigenvalue weighted by molar-refractivity contribution is 5.71. The molecule has 1 N–H and O–H groups in total. The van der Waals surface area contributed by atoms with Gasteiger partial charge in [0.2, 0.25) is 0 Å². The van der Waals surface area contributed by atoms with E-state index in [0.29, 0.717) is 5.75 Å². The lowest BCUT2D eigenvalue weighted by Gasteiger charge is -2.12. The van der Waals surface area contributed by atoms with E-state index in [9.17, 15) is 9.90 Å². The fraction of sp³-hybridized carbons (Fsp3) is 0.500. The molecule has 1 atom stereocenters. The van der Waals surface area contributed by atoms with E-state index in [1.165, 1.54) is 0 Å². The average Bonchev–Trinajstić information content (AvgIpc) is 2.26. The Kier molecular flexibility index (Phi) is 5.16. The molecule has 1 aromatic carbocycles. The molecule has 0 bridgehead atoms. The number of aliphatic hydroxyl groups is 1. The Morgan fingerprint density at radius 1 is 1.33 bits per heavy atom. The molecule has 1 unspecified atom stereocenters. The Bertz CT molecular complexity index is 410. The van der Waals surface area contributed by atoms with Crippen LogP contribution in [-0.2, 0) is 9.53 Å². The number of carbonyl (C=O) groups excluding carboxylic acids is 1. The van der Waals surface area contributed by atoms with Crippen LogP contribution in [0.4, 0.5) is 0 Å². The topological polar surface area (TPSA) is 55.8 Å². The van der Waals surface area contributed by atoms with Crippen LogP contribution >= 0.6 is 0 Å². The summed E-state index contributed by atoms with van der Waals surface area (Å²) in [4.78, 5) is 11.3. The van der Waals surface area contributed by atoms with Crippen molar-refractivity contribution in [1.82, 2.24) is 0 Å². The van der Waals surface area contributed by atoms with E-state index in [1.807, 2.05) is 13.0 Å². The number of aliphatic hydroxyl groups excluding tert-OH is 1. The highest BCUT2D eigenvalue weighted by Crippen LogP contribution is 2.22. The third kappa shape index (κ3) is 4.37. The van der Waals surface area contributed by atoms with Crippen LogP contribution < -0.4 is 4.74 Å². The van der Waals surface area contributed by atoms with Gasteiger partial charge in [0.05, 0.1) is 12.2 Å². The Labute approximate surface area is 108 Å². The van der Waals surface area contributed by atoms with Gasteiger partial charge in [0, 0.05) is 0 Å². The monoisotopic (exact) mass is 252 g/mol. The van der Waals surface area contributed by atoms with Crippen molar-refractivity contribution in [1.29, 1.82) is 0 Å². The lowest BCUT2D eigenvalue weighted by molar-refractivity contribution is -0.149. The van der Waals surface area contributed by atoms with Gasteiger partial charge in [0.25, 0.3) is 0 Å². The second-order valence-electron chi connectivity index (χ2n) is 4.53. The molecule has 4 heteroatoms. The minimum Gasteiger partial charge on any atom is -0.482 e. The maximum Gasteiger partial charge on any atom is 0.344 e. The van der Waals surface area contributed by atoms with Crippen LogP contribution in [-0.4, -0.2) is 23.8 Å². The van der Waals surface area contributed by atoms with Crippen LogP contribution in [0, 0.1) is 6.92 Å². The van der Waals surface area contributed by atoms with Gasteiger partial charge in [-0.3, -0.25) is 0 Å². The van der Waals surface area contributed by atoms with E-state index in [0.717, 1.165) is 11.1 Å². The second kappa shape index (κ2) is 6.40. The lowest BCUT2D eigenvalue weighted by Crippen LogP contribution is -2.19. The average molecular weight is 252 g/mol. The molecule has 1 rings (SSSR count). The van der Waals surface area contributed by atoms with Crippen LogP contribution in [0.2, 0.25) is 0 Å².